The van der Waals surface area contributed by atoms with Gasteiger partial charge in [0.1, 0.15) is 12.4 Å². The molecule has 1 aliphatic heterocycles. The average molecular weight is 407 g/mol. The Morgan fingerprint density at radius 3 is 2.59 bits per heavy atom. The standard InChI is InChI=1S/C18H22N4O3S2/c23-17-14-9-5-4-8-13(14)15(10-16(17)26-18-19-11-20-21-18)22-27(24,25)12-6-2-1-3-7-12/h4-5,8-10,12,20,22-23H,1-3,6-7,11H2,(H,19,21). The van der Waals surface area contributed by atoms with E-state index in [2.05, 4.69) is 20.6 Å². The van der Waals surface area contributed by atoms with Gasteiger partial charge in [-0.2, -0.15) is 0 Å². The van der Waals surface area contributed by atoms with E-state index in [1.807, 2.05) is 18.2 Å². The summed E-state index contributed by atoms with van der Waals surface area (Å²) in [6.45, 7) is 0.456. The van der Waals surface area contributed by atoms with Crippen molar-refractivity contribution in [2.45, 2.75) is 42.2 Å². The number of anilines is 1. The molecule has 1 saturated carbocycles. The lowest BCUT2D eigenvalue weighted by atomic mass is 10.0. The Bertz CT molecular complexity index is 986. The summed E-state index contributed by atoms with van der Waals surface area (Å²) in [5.41, 5.74) is 6.28. The number of fused-ring (bicyclic) bond motifs is 1. The van der Waals surface area contributed by atoms with Crippen LogP contribution in [0.3, 0.4) is 0 Å². The number of phenols is 1. The average Bonchev–Trinajstić information content (AvgIpc) is 3.19. The Morgan fingerprint density at radius 2 is 1.89 bits per heavy atom. The Kier molecular flexibility index (Phi) is 5.16. The first-order chi connectivity index (χ1) is 13.0. The van der Waals surface area contributed by atoms with Gasteiger partial charge in [0.05, 0.1) is 15.8 Å². The number of hydrogen-bond acceptors (Lipinski definition) is 7. The normalized spacial score (nSPS) is 18.3. The number of benzene rings is 2. The van der Waals surface area contributed by atoms with Crippen molar-refractivity contribution in [1.82, 2.24) is 10.9 Å². The number of amidine groups is 1. The van der Waals surface area contributed by atoms with E-state index in [9.17, 15) is 13.5 Å². The highest BCUT2D eigenvalue weighted by Gasteiger charge is 2.28. The molecule has 27 heavy (non-hydrogen) atoms. The van der Waals surface area contributed by atoms with Gasteiger partial charge in [-0.05, 0) is 30.7 Å². The van der Waals surface area contributed by atoms with Gasteiger partial charge in [-0.3, -0.25) is 10.1 Å². The number of rotatable bonds is 4. The van der Waals surface area contributed by atoms with Crippen molar-refractivity contribution < 1.29 is 13.5 Å². The molecule has 0 bridgehead atoms. The van der Waals surface area contributed by atoms with E-state index in [-0.39, 0.29) is 11.0 Å². The van der Waals surface area contributed by atoms with Crippen LogP contribution in [0.1, 0.15) is 32.1 Å². The number of nitrogens with one attached hydrogen (secondary N) is 3. The zero-order valence-corrected chi connectivity index (χ0v) is 16.4. The molecule has 2 aromatic carbocycles. The summed E-state index contributed by atoms with van der Waals surface area (Å²) in [4.78, 5) is 4.78. The molecule has 1 heterocycles. The molecule has 1 fully saturated rings. The zero-order valence-electron chi connectivity index (χ0n) is 14.7. The zero-order chi connectivity index (χ0) is 18.9. The highest BCUT2D eigenvalue weighted by atomic mass is 32.2. The van der Waals surface area contributed by atoms with Gasteiger partial charge in [0, 0.05) is 10.8 Å². The van der Waals surface area contributed by atoms with Crippen LogP contribution in [0.5, 0.6) is 5.75 Å². The second-order valence-electron chi connectivity index (χ2n) is 6.75. The van der Waals surface area contributed by atoms with Crippen LogP contribution in [-0.4, -0.2) is 30.6 Å². The number of hydrogen-bond donors (Lipinski definition) is 4. The van der Waals surface area contributed by atoms with Crippen molar-refractivity contribution in [3.05, 3.63) is 30.3 Å². The highest BCUT2D eigenvalue weighted by Crippen LogP contribution is 2.41. The molecule has 4 N–H and O–H groups in total. The van der Waals surface area contributed by atoms with Gasteiger partial charge >= 0.3 is 0 Å². The quantitative estimate of drug-likeness (QED) is 0.582. The van der Waals surface area contributed by atoms with Gasteiger partial charge in [-0.1, -0.05) is 43.5 Å². The number of aromatic hydroxyl groups is 1. The van der Waals surface area contributed by atoms with E-state index < -0.39 is 10.0 Å². The van der Waals surface area contributed by atoms with Crippen LogP contribution in [0, 0.1) is 0 Å². The monoisotopic (exact) mass is 406 g/mol. The van der Waals surface area contributed by atoms with Crippen LogP contribution in [0.2, 0.25) is 0 Å². The number of sulfonamides is 1. The largest absolute Gasteiger partial charge is 0.506 e. The van der Waals surface area contributed by atoms with Crippen LogP contribution in [0.4, 0.5) is 5.69 Å². The van der Waals surface area contributed by atoms with Crippen molar-refractivity contribution in [1.29, 1.82) is 0 Å². The second-order valence-corrected chi connectivity index (χ2v) is 9.74. The summed E-state index contributed by atoms with van der Waals surface area (Å²) in [5, 5.41) is 12.2. The first kappa shape index (κ1) is 18.4. The maximum absolute atomic E-state index is 12.9. The molecule has 0 unspecified atom stereocenters. The first-order valence-corrected chi connectivity index (χ1v) is 11.4. The highest BCUT2D eigenvalue weighted by molar-refractivity contribution is 8.14. The number of nitrogens with zero attached hydrogens (tertiary/aromatic N) is 1. The third-order valence-corrected chi connectivity index (χ3v) is 7.74. The number of aliphatic imine (C=N–C) groups is 1. The van der Waals surface area contributed by atoms with Crippen molar-refractivity contribution in [2.24, 2.45) is 4.99 Å². The summed E-state index contributed by atoms with van der Waals surface area (Å²) >= 11 is 1.26. The molecular formula is C18H22N4O3S2. The van der Waals surface area contributed by atoms with Gasteiger partial charge in [0.15, 0.2) is 5.17 Å². The molecule has 0 spiro atoms. The second kappa shape index (κ2) is 7.57. The minimum absolute atomic E-state index is 0.118. The Hall–Kier alpha value is -1.97. The maximum Gasteiger partial charge on any atom is 0.235 e. The molecule has 9 heteroatoms. The van der Waals surface area contributed by atoms with Crippen LogP contribution in [0.25, 0.3) is 10.8 Å². The SMILES string of the molecule is O=S(=O)(Nc1cc(SC2=NCNN2)c(O)c2ccccc12)C1CCCCC1. The van der Waals surface area contributed by atoms with Crippen molar-refractivity contribution >= 4 is 43.4 Å². The lowest BCUT2D eigenvalue weighted by Crippen LogP contribution is -2.29. The molecule has 1 aliphatic carbocycles. The van der Waals surface area contributed by atoms with E-state index in [1.165, 1.54) is 11.8 Å². The maximum atomic E-state index is 12.9. The smallest absolute Gasteiger partial charge is 0.235 e. The van der Waals surface area contributed by atoms with E-state index in [4.69, 9.17) is 0 Å². The minimum Gasteiger partial charge on any atom is -0.506 e. The Labute approximate surface area is 162 Å². The van der Waals surface area contributed by atoms with Crippen LogP contribution in [-0.2, 0) is 10.0 Å². The molecular weight excluding hydrogens is 384 g/mol. The van der Waals surface area contributed by atoms with Crippen molar-refractivity contribution in [3.8, 4) is 5.75 Å². The van der Waals surface area contributed by atoms with Gasteiger partial charge in [0.2, 0.25) is 10.0 Å². The number of hydrazine groups is 1. The third-order valence-electron chi connectivity index (χ3n) is 4.93. The lowest BCUT2D eigenvalue weighted by Gasteiger charge is -2.23. The first-order valence-electron chi connectivity index (χ1n) is 9.02. The van der Waals surface area contributed by atoms with Gasteiger partial charge in [-0.15, -0.1) is 0 Å². The van der Waals surface area contributed by atoms with Crippen molar-refractivity contribution in [3.63, 3.8) is 0 Å². The minimum atomic E-state index is -3.48. The fourth-order valence-corrected chi connectivity index (χ4v) is 5.98. The van der Waals surface area contributed by atoms with Gasteiger partial charge in [-0.25, -0.2) is 18.8 Å². The van der Waals surface area contributed by atoms with E-state index in [0.717, 1.165) is 19.3 Å². The number of phenolic OH excluding ortho intramolecular Hbond substituents is 1. The summed E-state index contributed by atoms with van der Waals surface area (Å²) in [5.74, 6) is 0.118. The van der Waals surface area contributed by atoms with Gasteiger partial charge < -0.3 is 5.11 Å². The van der Waals surface area contributed by atoms with E-state index >= 15 is 0 Å². The fourth-order valence-electron chi connectivity index (χ4n) is 3.54. The molecule has 0 radical (unpaired) electrons. The molecule has 2 aromatic rings. The predicted molar refractivity (Wildman–Crippen MR) is 109 cm³/mol. The molecule has 0 aromatic heterocycles. The molecule has 2 aliphatic rings. The molecule has 0 saturated heterocycles. The summed E-state index contributed by atoms with van der Waals surface area (Å²) in [6, 6.07) is 8.94. The molecule has 0 atom stereocenters. The van der Waals surface area contributed by atoms with E-state index in [0.29, 0.717) is 46.0 Å². The molecule has 7 nitrogen and oxygen atoms in total. The third kappa shape index (κ3) is 3.85. The molecule has 144 valence electrons. The Morgan fingerprint density at radius 1 is 1.15 bits per heavy atom. The van der Waals surface area contributed by atoms with Crippen LogP contribution >= 0.6 is 11.8 Å². The van der Waals surface area contributed by atoms with E-state index in [1.54, 1.807) is 12.1 Å². The summed E-state index contributed by atoms with van der Waals surface area (Å²) < 4.78 is 28.6. The predicted octanol–water partition coefficient (Wildman–Crippen LogP) is 3.13. The summed E-state index contributed by atoms with van der Waals surface area (Å²) in [6.07, 6.45) is 4.37. The molecule has 4 rings (SSSR count). The van der Waals surface area contributed by atoms with Gasteiger partial charge in [0.25, 0.3) is 0 Å². The fraction of sp³-hybridized carbons (Fsp3) is 0.389. The topological polar surface area (TPSA) is 103 Å². The lowest BCUT2D eigenvalue weighted by molar-refractivity contribution is 0.469. The number of thioether (sulfide) groups is 1. The van der Waals surface area contributed by atoms with Crippen LogP contribution in [0.15, 0.2) is 40.2 Å². The van der Waals surface area contributed by atoms with Crippen molar-refractivity contribution in [2.75, 3.05) is 11.4 Å². The Balaban J connectivity index is 1.73. The van der Waals surface area contributed by atoms with Crippen LogP contribution < -0.4 is 15.6 Å². The summed E-state index contributed by atoms with van der Waals surface area (Å²) in [7, 11) is -3.48. The molecule has 0 amide bonds.